The summed E-state index contributed by atoms with van der Waals surface area (Å²) in [4.78, 5) is 19.3. The van der Waals surface area contributed by atoms with Gasteiger partial charge in [-0.25, -0.2) is 9.78 Å². The van der Waals surface area contributed by atoms with Gasteiger partial charge in [-0.2, -0.15) is 0 Å². The summed E-state index contributed by atoms with van der Waals surface area (Å²) in [6.07, 6.45) is 6.36. The normalized spacial score (nSPS) is 10.5. The van der Waals surface area contributed by atoms with Crippen LogP contribution < -0.4 is 5.32 Å². The minimum Gasteiger partial charge on any atom is -0.337 e. The van der Waals surface area contributed by atoms with Gasteiger partial charge < -0.3 is 14.8 Å². The molecule has 0 saturated carbocycles. The monoisotopic (exact) mass is 340 g/mol. The maximum atomic E-state index is 12.4. The molecule has 6 heteroatoms. The van der Waals surface area contributed by atoms with Crippen molar-refractivity contribution in [2.75, 3.05) is 18.9 Å². The van der Waals surface area contributed by atoms with Crippen molar-refractivity contribution in [3.63, 3.8) is 0 Å². The van der Waals surface area contributed by atoms with Crippen molar-refractivity contribution in [1.82, 2.24) is 14.5 Å². The number of para-hydroxylation sites is 1. The Balaban J connectivity index is 1.58. The first-order valence-corrected chi connectivity index (χ1v) is 8.73. The number of rotatable bonds is 6. The topological polar surface area (TPSA) is 50.2 Å². The quantitative estimate of drug-likeness (QED) is 0.732. The number of urea groups is 1. The molecule has 2 amide bonds. The number of nitrogens with one attached hydrogen (secondary N) is 1. The Kier molecular flexibility index (Phi) is 5.28. The largest absolute Gasteiger partial charge is 0.337 e. The molecule has 2 heterocycles. The molecule has 1 N–H and O–H groups in total. The van der Waals surface area contributed by atoms with E-state index in [4.69, 9.17) is 0 Å². The standard InChI is InChI=1S/C18H20N4OS/c1-21(10-5-11-22-12-9-19-14-22)18(23)20-16-7-3-2-6-15(16)17-8-4-13-24-17/h2-4,6-9,12-14H,5,10-11H2,1H3,(H,20,23). The second-order valence-corrected chi connectivity index (χ2v) is 6.48. The fraction of sp³-hybridized carbons (Fsp3) is 0.222. The maximum Gasteiger partial charge on any atom is 0.321 e. The molecule has 3 aromatic rings. The molecule has 1 aromatic carbocycles. The summed E-state index contributed by atoms with van der Waals surface area (Å²) >= 11 is 1.66. The lowest BCUT2D eigenvalue weighted by atomic mass is 10.1. The van der Waals surface area contributed by atoms with Crippen LogP contribution in [-0.2, 0) is 6.54 Å². The number of thiophene rings is 1. The van der Waals surface area contributed by atoms with Gasteiger partial charge in [0, 0.05) is 43.0 Å². The highest BCUT2D eigenvalue weighted by molar-refractivity contribution is 7.13. The lowest BCUT2D eigenvalue weighted by Crippen LogP contribution is -2.32. The third-order valence-corrected chi connectivity index (χ3v) is 4.67. The fourth-order valence-electron chi connectivity index (χ4n) is 2.46. The van der Waals surface area contributed by atoms with E-state index in [0.717, 1.165) is 29.1 Å². The molecule has 0 fully saturated rings. The number of aryl methyl sites for hydroxylation is 1. The summed E-state index contributed by atoms with van der Waals surface area (Å²) in [5, 5.41) is 5.05. The zero-order valence-electron chi connectivity index (χ0n) is 13.6. The summed E-state index contributed by atoms with van der Waals surface area (Å²) in [6.45, 7) is 1.54. The van der Waals surface area contributed by atoms with Gasteiger partial charge in [0.05, 0.1) is 12.0 Å². The second kappa shape index (κ2) is 7.79. The zero-order valence-corrected chi connectivity index (χ0v) is 14.4. The molecule has 0 radical (unpaired) electrons. The predicted octanol–water partition coefficient (Wildman–Crippen LogP) is 4.17. The van der Waals surface area contributed by atoms with Gasteiger partial charge in [-0.05, 0) is 23.9 Å². The van der Waals surface area contributed by atoms with Crippen LogP contribution in [0.2, 0.25) is 0 Å². The molecule has 5 nitrogen and oxygen atoms in total. The summed E-state index contributed by atoms with van der Waals surface area (Å²) in [7, 11) is 1.82. The van der Waals surface area contributed by atoms with Crippen LogP contribution in [0.4, 0.5) is 10.5 Å². The molecule has 0 aliphatic heterocycles. The lowest BCUT2D eigenvalue weighted by Gasteiger charge is -2.19. The smallest absolute Gasteiger partial charge is 0.321 e. The molecule has 24 heavy (non-hydrogen) atoms. The number of imidazole rings is 1. The Morgan fingerprint density at radius 1 is 1.29 bits per heavy atom. The van der Waals surface area contributed by atoms with E-state index in [2.05, 4.69) is 16.4 Å². The molecule has 2 aromatic heterocycles. The van der Waals surface area contributed by atoms with Crippen LogP contribution in [0.1, 0.15) is 6.42 Å². The number of hydrogen-bond donors (Lipinski definition) is 1. The minimum absolute atomic E-state index is 0.0929. The summed E-state index contributed by atoms with van der Waals surface area (Å²) in [6, 6.07) is 11.9. The number of carbonyl (C=O) groups excluding carboxylic acids is 1. The number of nitrogens with zero attached hydrogens (tertiary/aromatic N) is 3. The molecular weight excluding hydrogens is 320 g/mol. The molecule has 0 atom stereocenters. The van der Waals surface area contributed by atoms with Crippen LogP contribution >= 0.6 is 11.3 Å². The Hall–Kier alpha value is -2.60. The van der Waals surface area contributed by atoms with E-state index in [1.54, 1.807) is 28.8 Å². The van der Waals surface area contributed by atoms with Crippen molar-refractivity contribution >= 4 is 23.1 Å². The molecule has 0 unspecified atom stereocenters. The van der Waals surface area contributed by atoms with E-state index in [9.17, 15) is 4.79 Å². The molecule has 0 bridgehead atoms. The van der Waals surface area contributed by atoms with Crippen molar-refractivity contribution in [3.05, 3.63) is 60.5 Å². The zero-order chi connectivity index (χ0) is 16.8. The number of amides is 2. The number of anilines is 1. The van der Waals surface area contributed by atoms with Gasteiger partial charge in [0.2, 0.25) is 0 Å². The van der Waals surface area contributed by atoms with Crippen molar-refractivity contribution in [3.8, 4) is 10.4 Å². The van der Waals surface area contributed by atoms with Gasteiger partial charge in [0.1, 0.15) is 0 Å². The van der Waals surface area contributed by atoms with Crippen LogP contribution in [0.15, 0.2) is 60.5 Å². The van der Waals surface area contributed by atoms with E-state index in [0.29, 0.717) is 6.54 Å². The first-order valence-electron chi connectivity index (χ1n) is 7.85. The average Bonchev–Trinajstić information content (AvgIpc) is 3.29. The summed E-state index contributed by atoms with van der Waals surface area (Å²) in [5.74, 6) is 0. The van der Waals surface area contributed by atoms with Crippen LogP contribution in [0.3, 0.4) is 0 Å². The van der Waals surface area contributed by atoms with E-state index in [1.807, 2.05) is 53.5 Å². The van der Waals surface area contributed by atoms with Crippen molar-refractivity contribution < 1.29 is 4.79 Å². The van der Waals surface area contributed by atoms with Crippen LogP contribution in [0.25, 0.3) is 10.4 Å². The number of aromatic nitrogens is 2. The Labute approximate surface area is 145 Å². The minimum atomic E-state index is -0.0929. The lowest BCUT2D eigenvalue weighted by molar-refractivity contribution is 0.221. The number of benzene rings is 1. The van der Waals surface area contributed by atoms with Crippen molar-refractivity contribution in [2.24, 2.45) is 0 Å². The molecule has 124 valence electrons. The molecule has 0 aliphatic rings. The maximum absolute atomic E-state index is 12.4. The highest BCUT2D eigenvalue weighted by atomic mass is 32.1. The Morgan fingerprint density at radius 3 is 2.92 bits per heavy atom. The first kappa shape index (κ1) is 16.3. The van der Waals surface area contributed by atoms with Crippen LogP contribution in [0, 0.1) is 0 Å². The fourth-order valence-corrected chi connectivity index (χ4v) is 3.23. The van der Waals surface area contributed by atoms with Gasteiger partial charge in [-0.1, -0.05) is 24.3 Å². The molecule has 0 spiro atoms. The van der Waals surface area contributed by atoms with E-state index < -0.39 is 0 Å². The van der Waals surface area contributed by atoms with Crippen molar-refractivity contribution in [2.45, 2.75) is 13.0 Å². The van der Waals surface area contributed by atoms with Gasteiger partial charge in [-0.15, -0.1) is 11.3 Å². The predicted molar refractivity (Wildman–Crippen MR) is 98.2 cm³/mol. The van der Waals surface area contributed by atoms with E-state index in [1.165, 1.54) is 0 Å². The van der Waals surface area contributed by atoms with Crippen LogP contribution in [-0.4, -0.2) is 34.1 Å². The van der Waals surface area contributed by atoms with Gasteiger partial charge in [0.25, 0.3) is 0 Å². The third kappa shape index (κ3) is 4.02. The summed E-state index contributed by atoms with van der Waals surface area (Å²) < 4.78 is 2.01. The summed E-state index contributed by atoms with van der Waals surface area (Å²) in [5.41, 5.74) is 1.89. The number of carbonyl (C=O) groups is 1. The van der Waals surface area contributed by atoms with Gasteiger partial charge >= 0.3 is 6.03 Å². The van der Waals surface area contributed by atoms with Crippen molar-refractivity contribution in [1.29, 1.82) is 0 Å². The average molecular weight is 340 g/mol. The Bertz CT molecular complexity index is 768. The van der Waals surface area contributed by atoms with E-state index >= 15 is 0 Å². The second-order valence-electron chi connectivity index (χ2n) is 5.53. The van der Waals surface area contributed by atoms with Crippen LogP contribution in [0.5, 0.6) is 0 Å². The van der Waals surface area contributed by atoms with Gasteiger partial charge in [-0.3, -0.25) is 0 Å². The molecule has 0 aliphatic carbocycles. The van der Waals surface area contributed by atoms with E-state index in [-0.39, 0.29) is 6.03 Å². The molecule has 3 rings (SSSR count). The molecular formula is C18H20N4OS. The number of hydrogen-bond acceptors (Lipinski definition) is 3. The highest BCUT2D eigenvalue weighted by Gasteiger charge is 2.12. The third-order valence-electron chi connectivity index (χ3n) is 3.77. The highest BCUT2D eigenvalue weighted by Crippen LogP contribution is 2.31. The Morgan fingerprint density at radius 2 is 2.17 bits per heavy atom. The first-order chi connectivity index (χ1) is 11.7. The SMILES string of the molecule is CN(CCCn1ccnc1)C(=O)Nc1ccccc1-c1cccs1. The van der Waals surface area contributed by atoms with Gasteiger partial charge in [0.15, 0.2) is 0 Å². The molecule has 0 saturated heterocycles.